The van der Waals surface area contributed by atoms with Crippen LogP contribution in [0.15, 0.2) is 36.7 Å². The maximum Gasteiger partial charge on any atom is 0.249 e. The Morgan fingerprint density at radius 3 is 2.92 bits per heavy atom. The van der Waals surface area contributed by atoms with Crippen LogP contribution in [0.4, 0.5) is 15.8 Å². The molecule has 3 aromatic rings. The summed E-state index contributed by atoms with van der Waals surface area (Å²) in [4.78, 5) is 18.9. The van der Waals surface area contributed by atoms with Crippen molar-refractivity contribution < 1.29 is 9.18 Å². The molecular formula is C18H18FN5O. The molecule has 1 atom stereocenters. The smallest absolute Gasteiger partial charge is 0.249 e. The van der Waals surface area contributed by atoms with Crippen LogP contribution in [-0.4, -0.2) is 33.3 Å². The lowest BCUT2D eigenvalue weighted by Crippen LogP contribution is -2.33. The molecule has 1 fully saturated rings. The van der Waals surface area contributed by atoms with Gasteiger partial charge in [-0.25, -0.2) is 4.39 Å². The predicted molar refractivity (Wildman–Crippen MR) is 94.0 cm³/mol. The van der Waals surface area contributed by atoms with Crippen LogP contribution < -0.4 is 10.2 Å². The molecule has 0 radical (unpaired) electrons. The van der Waals surface area contributed by atoms with E-state index >= 15 is 0 Å². The molecule has 1 aliphatic rings. The lowest BCUT2D eigenvalue weighted by atomic mass is 10.1. The van der Waals surface area contributed by atoms with Gasteiger partial charge in [0.25, 0.3) is 0 Å². The van der Waals surface area contributed by atoms with E-state index in [2.05, 4.69) is 15.4 Å². The monoisotopic (exact) mass is 339 g/mol. The van der Waals surface area contributed by atoms with Crippen LogP contribution in [0.1, 0.15) is 12.1 Å². The highest BCUT2D eigenvalue weighted by molar-refractivity contribution is 6.02. The van der Waals surface area contributed by atoms with E-state index in [4.69, 9.17) is 0 Å². The topological polar surface area (TPSA) is 63.1 Å². The molecule has 0 saturated carbocycles. The molecule has 1 unspecified atom stereocenters. The number of pyridine rings is 1. The molecule has 6 nitrogen and oxygen atoms in total. The molecule has 1 amide bonds. The third-order valence-corrected chi connectivity index (χ3v) is 4.44. The van der Waals surface area contributed by atoms with Gasteiger partial charge in [0, 0.05) is 36.6 Å². The van der Waals surface area contributed by atoms with Crippen molar-refractivity contribution in [3.05, 3.63) is 48.2 Å². The first-order valence-electron chi connectivity index (χ1n) is 8.15. The Bertz CT molecular complexity index is 967. The Labute approximate surface area is 144 Å². The van der Waals surface area contributed by atoms with Gasteiger partial charge in [0.2, 0.25) is 5.91 Å². The van der Waals surface area contributed by atoms with Crippen molar-refractivity contribution in [2.24, 2.45) is 7.05 Å². The Morgan fingerprint density at radius 1 is 1.32 bits per heavy atom. The number of nitrogens with one attached hydrogen (secondary N) is 1. The Balaban J connectivity index is 1.63. The second kappa shape index (κ2) is 5.84. The summed E-state index contributed by atoms with van der Waals surface area (Å²) in [5, 5.41) is 8.08. The number of hydrogen-bond donors (Lipinski definition) is 1. The lowest BCUT2D eigenvalue weighted by Gasteiger charge is -2.17. The molecule has 0 bridgehead atoms. The Hall–Kier alpha value is -2.96. The molecule has 3 heterocycles. The van der Waals surface area contributed by atoms with Gasteiger partial charge in [-0.15, -0.1) is 0 Å². The molecule has 1 N–H and O–H groups in total. The normalized spacial score (nSPS) is 17.5. The zero-order valence-corrected chi connectivity index (χ0v) is 14.0. The number of benzene rings is 1. The van der Waals surface area contributed by atoms with Gasteiger partial charge in [-0.3, -0.25) is 14.5 Å². The fraction of sp³-hybridized carbons (Fsp3) is 0.278. The van der Waals surface area contributed by atoms with Gasteiger partial charge in [0.1, 0.15) is 11.9 Å². The zero-order valence-electron chi connectivity index (χ0n) is 14.0. The molecule has 1 aliphatic heterocycles. The maximum absolute atomic E-state index is 13.7. The van der Waals surface area contributed by atoms with E-state index in [1.165, 1.54) is 12.1 Å². The zero-order chi connectivity index (χ0) is 17.6. The summed E-state index contributed by atoms with van der Waals surface area (Å²) in [6.07, 6.45) is 4.18. The van der Waals surface area contributed by atoms with Crippen LogP contribution in [0.2, 0.25) is 0 Å². The van der Waals surface area contributed by atoms with Crippen LogP contribution in [0.3, 0.4) is 0 Å². The van der Waals surface area contributed by atoms with Crippen LogP contribution >= 0.6 is 0 Å². The molecule has 1 saturated heterocycles. The number of fused-ring (bicyclic) bond motifs is 1. The molecule has 1 aromatic carbocycles. The maximum atomic E-state index is 13.7. The molecule has 2 aromatic heterocycles. The van der Waals surface area contributed by atoms with Crippen molar-refractivity contribution in [1.29, 1.82) is 0 Å². The fourth-order valence-corrected chi connectivity index (χ4v) is 3.26. The van der Waals surface area contributed by atoms with Gasteiger partial charge in [0.15, 0.2) is 0 Å². The minimum Gasteiger partial charge on any atom is -0.373 e. The van der Waals surface area contributed by atoms with E-state index in [1.807, 2.05) is 26.2 Å². The van der Waals surface area contributed by atoms with Gasteiger partial charge in [-0.1, -0.05) is 0 Å². The van der Waals surface area contributed by atoms with Crippen molar-refractivity contribution in [1.82, 2.24) is 14.8 Å². The van der Waals surface area contributed by atoms with E-state index in [-0.39, 0.29) is 17.8 Å². The third kappa shape index (κ3) is 2.82. The number of hydrogen-bond acceptors (Lipinski definition) is 4. The Morgan fingerprint density at radius 2 is 2.16 bits per heavy atom. The summed E-state index contributed by atoms with van der Waals surface area (Å²) < 4.78 is 15.3. The van der Waals surface area contributed by atoms with E-state index < -0.39 is 0 Å². The van der Waals surface area contributed by atoms with Crippen LogP contribution in [0.25, 0.3) is 10.9 Å². The number of rotatable bonds is 3. The summed E-state index contributed by atoms with van der Waals surface area (Å²) >= 11 is 0. The van der Waals surface area contributed by atoms with E-state index in [0.717, 1.165) is 17.1 Å². The second-order valence-corrected chi connectivity index (χ2v) is 6.32. The number of carbonyl (C=O) groups excluding carboxylic acids is 1. The van der Waals surface area contributed by atoms with Crippen molar-refractivity contribution >= 4 is 28.2 Å². The van der Waals surface area contributed by atoms with Gasteiger partial charge in [-0.05, 0) is 37.6 Å². The van der Waals surface area contributed by atoms with E-state index in [1.54, 1.807) is 21.8 Å². The molecule has 25 heavy (non-hydrogen) atoms. The summed E-state index contributed by atoms with van der Waals surface area (Å²) in [5.74, 6) is -0.331. The first-order valence-corrected chi connectivity index (χ1v) is 8.15. The largest absolute Gasteiger partial charge is 0.373 e. The molecule has 4 rings (SSSR count). The average molecular weight is 339 g/mol. The highest BCUT2D eigenvalue weighted by Gasteiger charge is 2.33. The summed E-state index contributed by atoms with van der Waals surface area (Å²) in [5.41, 5.74) is 3.04. The average Bonchev–Trinajstić information content (AvgIpc) is 3.14. The first kappa shape index (κ1) is 15.6. The molecule has 0 aliphatic carbocycles. The van der Waals surface area contributed by atoms with Crippen molar-refractivity contribution in [3.8, 4) is 0 Å². The molecular weight excluding hydrogens is 321 g/mol. The second-order valence-electron chi connectivity index (χ2n) is 6.32. The number of nitrogens with zero attached hydrogens (tertiary/aromatic N) is 4. The number of anilines is 2. The number of carbonyl (C=O) groups is 1. The number of amides is 1. The molecule has 0 spiro atoms. The van der Waals surface area contributed by atoms with Gasteiger partial charge in [0.05, 0.1) is 17.4 Å². The minimum atomic E-state index is -0.353. The SMILES string of the molecule is Cc1cc(NC2CCN(c3cnn(C)c3)C2=O)c2cc(F)ccc2n1. The minimum absolute atomic E-state index is 0.00739. The highest BCUT2D eigenvalue weighted by atomic mass is 19.1. The van der Waals surface area contributed by atoms with Crippen LogP contribution in [0, 0.1) is 12.7 Å². The lowest BCUT2D eigenvalue weighted by molar-refractivity contribution is -0.117. The fourth-order valence-electron chi connectivity index (χ4n) is 3.26. The third-order valence-electron chi connectivity index (χ3n) is 4.44. The van der Waals surface area contributed by atoms with Crippen LogP contribution in [-0.2, 0) is 11.8 Å². The quantitative estimate of drug-likeness (QED) is 0.797. The molecule has 128 valence electrons. The Kier molecular flexibility index (Phi) is 3.63. The van der Waals surface area contributed by atoms with Crippen molar-refractivity contribution in [3.63, 3.8) is 0 Å². The summed E-state index contributed by atoms with van der Waals surface area (Å²) in [6.45, 7) is 2.50. The number of aromatic nitrogens is 3. The molecule has 7 heteroatoms. The van der Waals surface area contributed by atoms with Gasteiger partial charge in [-0.2, -0.15) is 5.10 Å². The number of halogens is 1. The standard InChI is InChI=1S/C18H18FN5O/c1-11-7-17(14-8-12(19)3-4-15(14)21-11)22-16-5-6-24(18(16)25)13-9-20-23(2)10-13/h3-4,7-10,16H,5-6H2,1-2H3,(H,21,22). The van der Waals surface area contributed by atoms with Crippen LogP contribution in [0.5, 0.6) is 0 Å². The van der Waals surface area contributed by atoms with Crippen molar-refractivity contribution in [2.75, 3.05) is 16.8 Å². The number of aryl methyl sites for hydroxylation is 2. The highest BCUT2D eigenvalue weighted by Crippen LogP contribution is 2.28. The summed E-state index contributed by atoms with van der Waals surface area (Å²) in [7, 11) is 1.82. The van der Waals surface area contributed by atoms with Crippen molar-refractivity contribution in [2.45, 2.75) is 19.4 Å². The van der Waals surface area contributed by atoms with E-state index in [9.17, 15) is 9.18 Å². The first-order chi connectivity index (χ1) is 12.0. The van der Waals surface area contributed by atoms with Gasteiger partial charge < -0.3 is 10.2 Å². The van der Waals surface area contributed by atoms with Gasteiger partial charge >= 0.3 is 0 Å². The summed E-state index contributed by atoms with van der Waals surface area (Å²) in [6, 6.07) is 5.99. The van der Waals surface area contributed by atoms with E-state index in [0.29, 0.717) is 23.9 Å². The predicted octanol–water partition coefficient (Wildman–Crippen LogP) is 2.63.